The molecule has 0 rings (SSSR count). The van der Waals surface area contributed by atoms with Crippen molar-refractivity contribution in [2.75, 3.05) is 40.8 Å². The minimum atomic E-state index is -0.117. The van der Waals surface area contributed by atoms with Crippen LogP contribution < -0.4 is 0 Å². The van der Waals surface area contributed by atoms with E-state index in [0.29, 0.717) is 19.6 Å². The summed E-state index contributed by atoms with van der Waals surface area (Å²) >= 11 is 0. The van der Waals surface area contributed by atoms with Gasteiger partial charge in [-0.05, 0) is 33.4 Å². The van der Waals surface area contributed by atoms with Crippen LogP contribution in [0.3, 0.4) is 0 Å². The van der Waals surface area contributed by atoms with E-state index < -0.39 is 0 Å². The lowest BCUT2D eigenvalue weighted by atomic mass is 10.2. The molecule has 0 N–H and O–H groups in total. The van der Waals surface area contributed by atoms with Crippen molar-refractivity contribution in [3.63, 3.8) is 0 Å². The number of nitrogens with zero attached hydrogens (tertiary/aromatic N) is 2. The molecule has 5 nitrogen and oxygen atoms in total. The van der Waals surface area contributed by atoms with Crippen LogP contribution in [0.15, 0.2) is 0 Å². The number of amides is 1. The van der Waals surface area contributed by atoms with Gasteiger partial charge in [0.15, 0.2) is 0 Å². The Morgan fingerprint density at radius 2 is 1.72 bits per heavy atom. The molecule has 0 bridgehead atoms. The molecule has 1 amide bonds. The van der Waals surface area contributed by atoms with E-state index in [-0.39, 0.29) is 11.9 Å². The lowest BCUT2D eigenvalue weighted by molar-refractivity contribution is -0.143. The molecule has 0 heterocycles. The molecule has 0 spiro atoms. The Kier molecular flexibility index (Phi) is 9.28. The van der Waals surface area contributed by atoms with Gasteiger partial charge in [-0.1, -0.05) is 6.42 Å². The van der Waals surface area contributed by atoms with Crippen molar-refractivity contribution in [2.24, 2.45) is 0 Å². The minimum Gasteiger partial charge on any atom is -0.466 e. The second-order valence-electron chi connectivity index (χ2n) is 4.64. The fourth-order valence-electron chi connectivity index (χ4n) is 1.51. The lowest BCUT2D eigenvalue weighted by Gasteiger charge is -2.18. The van der Waals surface area contributed by atoms with Crippen molar-refractivity contribution < 1.29 is 14.3 Å². The van der Waals surface area contributed by atoms with E-state index in [9.17, 15) is 9.59 Å². The maximum absolute atomic E-state index is 11.4. The van der Waals surface area contributed by atoms with Crippen LogP contribution in [0.2, 0.25) is 0 Å². The molecule has 0 aromatic rings. The molecule has 0 aliphatic rings. The normalized spacial score (nSPS) is 10.5. The summed E-state index contributed by atoms with van der Waals surface area (Å²) < 4.78 is 4.85. The lowest BCUT2D eigenvalue weighted by Crippen LogP contribution is -2.34. The van der Waals surface area contributed by atoms with Gasteiger partial charge in [0, 0.05) is 20.5 Å². The van der Waals surface area contributed by atoms with Crippen molar-refractivity contribution >= 4 is 11.9 Å². The van der Waals surface area contributed by atoms with Crippen LogP contribution in [0.5, 0.6) is 0 Å². The Hall–Kier alpha value is -1.10. The van der Waals surface area contributed by atoms with Crippen molar-refractivity contribution in [3.05, 3.63) is 0 Å². The predicted octanol–water partition coefficient (Wildman–Crippen LogP) is 1.13. The first-order chi connectivity index (χ1) is 8.47. The standard InChI is InChI=1S/C13H26N2O3/c1-5-18-13(17)9-7-6-8-10-15(4)11-12(16)14(2)3/h5-11H2,1-4H3. The third-order valence-corrected chi connectivity index (χ3v) is 2.63. The molecule has 0 saturated heterocycles. The van der Waals surface area contributed by atoms with Gasteiger partial charge in [-0.2, -0.15) is 0 Å². The van der Waals surface area contributed by atoms with Crippen molar-refractivity contribution in [1.29, 1.82) is 0 Å². The number of carbonyl (C=O) groups is 2. The van der Waals surface area contributed by atoms with E-state index in [1.165, 1.54) is 0 Å². The van der Waals surface area contributed by atoms with Crippen molar-refractivity contribution in [1.82, 2.24) is 9.80 Å². The van der Waals surface area contributed by atoms with Crippen LogP contribution in [-0.2, 0) is 14.3 Å². The highest BCUT2D eigenvalue weighted by Crippen LogP contribution is 2.02. The molecule has 0 unspecified atom stereocenters. The molecule has 0 fully saturated rings. The number of carbonyl (C=O) groups excluding carboxylic acids is 2. The van der Waals surface area contributed by atoms with E-state index in [2.05, 4.69) is 0 Å². The number of hydrogen-bond acceptors (Lipinski definition) is 4. The first kappa shape index (κ1) is 16.9. The Bertz CT molecular complexity index is 255. The summed E-state index contributed by atoms with van der Waals surface area (Å²) in [6, 6.07) is 0. The molecular weight excluding hydrogens is 232 g/mol. The minimum absolute atomic E-state index is 0.115. The van der Waals surface area contributed by atoms with E-state index in [1.807, 2.05) is 18.9 Å². The molecule has 0 radical (unpaired) electrons. The van der Waals surface area contributed by atoms with Gasteiger partial charge in [0.2, 0.25) is 5.91 Å². The number of ether oxygens (including phenoxy) is 1. The fraction of sp³-hybridized carbons (Fsp3) is 0.846. The van der Waals surface area contributed by atoms with E-state index in [1.54, 1.807) is 19.0 Å². The van der Waals surface area contributed by atoms with Gasteiger partial charge in [-0.3, -0.25) is 14.5 Å². The number of hydrogen-bond donors (Lipinski definition) is 0. The summed E-state index contributed by atoms with van der Waals surface area (Å²) in [4.78, 5) is 26.1. The molecule has 106 valence electrons. The molecule has 0 saturated carbocycles. The molecule has 18 heavy (non-hydrogen) atoms. The summed E-state index contributed by atoms with van der Waals surface area (Å²) in [5.74, 6) is -0.00216. The summed E-state index contributed by atoms with van der Waals surface area (Å²) in [7, 11) is 5.46. The highest BCUT2D eigenvalue weighted by Gasteiger charge is 2.08. The highest BCUT2D eigenvalue weighted by molar-refractivity contribution is 5.77. The largest absolute Gasteiger partial charge is 0.466 e. The van der Waals surface area contributed by atoms with Gasteiger partial charge in [0.25, 0.3) is 0 Å². The topological polar surface area (TPSA) is 49.9 Å². The maximum Gasteiger partial charge on any atom is 0.305 e. The zero-order valence-corrected chi connectivity index (χ0v) is 12.1. The molecule has 0 atom stereocenters. The smallest absolute Gasteiger partial charge is 0.305 e. The summed E-state index contributed by atoms with van der Waals surface area (Å²) in [5, 5.41) is 0. The van der Waals surface area contributed by atoms with E-state index >= 15 is 0 Å². The van der Waals surface area contributed by atoms with Gasteiger partial charge >= 0.3 is 5.97 Å². The first-order valence-electron chi connectivity index (χ1n) is 6.51. The van der Waals surface area contributed by atoms with Crippen molar-refractivity contribution in [2.45, 2.75) is 32.6 Å². The second-order valence-corrected chi connectivity index (χ2v) is 4.64. The molecule has 0 aliphatic carbocycles. The summed E-state index contributed by atoms with van der Waals surface area (Å²) in [5.41, 5.74) is 0. The van der Waals surface area contributed by atoms with Crippen LogP contribution >= 0.6 is 0 Å². The monoisotopic (exact) mass is 258 g/mol. The van der Waals surface area contributed by atoms with E-state index in [4.69, 9.17) is 4.74 Å². The number of esters is 1. The van der Waals surface area contributed by atoms with Crippen molar-refractivity contribution in [3.8, 4) is 0 Å². The zero-order valence-electron chi connectivity index (χ0n) is 12.1. The Balaban J connectivity index is 3.49. The zero-order chi connectivity index (χ0) is 14.0. The number of unbranched alkanes of at least 4 members (excludes halogenated alkanes) is 2. The predicted molar refractivity (Wildman–Crippen MR) is 71.3 cm³/mol. The van der Waals surface area contributed by atoms with E-state index in [0.717, 1.165) is 25.8 Å². The van der Waals surface area contributed by atoms with Crippen LogP contribution in [0.25, 0.3) is 0 Å². The number of likely N-dealkylation sites (N-methyl/N-ethyl adjacent to an activating group) is 2. The van der Waals surface area contributed by atoms with Crippen LogP contribution in [-0.4, -0.2) is 62.5 Å². The summed E-state index contributed by atoms with van der Waals surface area (Å²) in [6.45, 7) is 3.59. The van der Waals surface area contributed by atoms with Gasteiger partial charge in [-0.25, -0.2) is 0 Å². The van der Waals surface area contributed by atoms with Crippen LogP contribution in [0, 0.1) is 0 Å². The van der Waals surface area contributed by atoms with Gasteiger partial charge < -0.3 is 9.64 Å². The average molecular weight is 258 g/mol. The Morgan fingerprint density at radius 3 is 2.28 bits per heavy atom. The number of rotatable bonds is 9. The third kappa shape index (κ3) is 8.98. The SMILES string of the molecule is CCOC(=O)CCCCCN(C)CC(=O)N(C)C. The fourth-order valence-corrected chi connectivity index (χ4v) is 1.51. The maximum atomic E-state index is 11.4. The summed E-state index contributed by atoms with van der Waals surface area (Å²) in [6.07, 6.45) is 3.33. The quantitative estimate of drug-likeness (QED) is 0.459. The van der Waals surface area contributed by atoms with Gasteiger partial charge in [-0.15, -0.1) is 0 Å². The third-order valence-electron chi connectivity index (χ3n) is 2.63. The Labute approximate surface area is 110 Å². The van der Waals surface area contributed by atoms with Crippen LogP contribution in [0.4, 0.5) is 0 Å². The van der Waals surface area contributed by atoms with Gasteiger partial charge in [0.1, 0.15) is 0 Å². The molecule has 5 heteroatoms. The molecular formula is C13H26N2O3. The average Bonchev–Trinajstić information content (AvgIpc) is 2.28. The second kappa shape index (κ2) is 9.88. The van der Waals surface area contributed by atoms with Crippen LogP contribution in [0.1, 0.15) is 32.6 Å². The first-order valence-corrected chi connectivity index (χ1v) is 6.51. The molecule has 0 aromatic heterocycles. The highest BCUT2D eigenvalue weighted by atomic mass is 16.5. The Morgan fingerprint density at radius 1 is 1.06 bits per heavy atom. The van der Waals surface area contributed by atoms with Gasteiger partial charge in [0.05, 0.1) is 13.2 Å². The molecule has 0 aliphatic heterocycles. The molecule has 0 aromatic carbocycles.